The lowest BCUT2D eigenvalue weighted by Crippen LogP contribution is -2.45. The highest BCUT2D eigenvalue weighted by molar-refractivity contribution is 7.83. The van der Waals surface area contributed by atoms with Gasteiger partial charge in [-0.1, -0.05) is 23.8 Å². The van der Waals surface area contributed by atoms with Crippen LogP contribution in [0.25, 0.3) is 0 Å². The summed E-state index contributed by atoms with van der Waals surface area (Å²) in [7, 11) is 0. The van der Waals surface area contributed by atoms with Gasteiger partial charge in [-0.25, -0.2) is 0 Å². The zero-order valence-electron chi connectivity index (χ0n) is 6.33. The second kappa shape index (κ2) is 3.30. The average molecular weight is 219 g/mol. The Morgan fingerprint density at radius 3 is 1.75 bits per heavy atom. The Hall–Kier alpha value is -0.160. The summed E-state index contributed by atoms with van der Waals surface area (Å²) in [6, 6.07) is 0. The molecule has 0 fully saturated rings. The van der Waals surface area contributed by atoms with Crippen molar-refractivity contribution in [3.8, 4) is 0 Å². The van der Waals surface area contributed by atoms with Crippen LogP contribution in [0, 0.1) is 5.41 Å². The number of alkyl halides is 3. The Morgan fingerprint density at radius 2 is 1.75 bits per heavy atom. The molecule has 0 aromatic carbocycles. The van der Waals surface area contributed by atoms with Crippen LogP contribution in [0.3, 0.4) is 0 Å². The molecule has 0 spiro atoms. The minimum atomic E-state index is -4.72. The average Bonchev–Trinajstić information content (AvgIpc) is 1.82. The quantitative estimate of drug-likeness (QED) is 0.524. The zero-order valence-corrected chi connectivity index (χ0v) is 7.90. The maximum absolute atomic E-state index is 12.2. The van der Waals surface area contributed by atoms with Gasteiger partial charge in [-0.05, 0) is 13.8 Å². The highest BCUT2D eigenvalue weighted by atomic mass is 35.5. The molecule has 1 nitrogen and oxygen atoms in total. The third-order valence-corrected chi connectivity index (χ3v) is 2.45. The number of rotatable bonds is 2. The number of hydrogen-bond acceptors (Lipinski definition) is 2. The van der Waals surface area contributed by atoms with Gasteiger partial charge in [0.2, 0.25) is 0 Å². The first-order chi connectivity index (χ1) is 5.14. The van der Waals surface area contributed by atoms with Gasteiger partial charge in [0.15, 0.2) is 11.2 Å². The molecule has 1 unspecified atom stereocenters. The van der Waals surface area contributed by atoms with Crippen LogP contribution >= 0.6 is 23.8 Å². The standard InChI is InChI=1S/C6H6ClF3OS/c1-3(11)5(2,4(7)12)6(8,9)10/h1-2H3. The van der Waals surface area contributed by atoms with E-state index in [1.54, 1.807) is 0 Å². The van der Waals surface area contributed by atoms with E-state index in [0.717, 1.165) is 6.92 Å². The lowest BCUT2D eigenvalue weighted by atomic mass is 9.88. The number of hydrogen-bond donors (Lipinski definition) is 0. The fourth-order valence-corrected chi connectivity index (χ4v) is 0.949. The van der Waals surface area contributed by atoms with Crippen LogP contribution in [0.15, 0.2) is 0 Å². The fraction of sp³-hybridized carbons (Fsp3) is 0.667. The number of carbonyl (C=O) groups excluding carboxylic acids is 1. The maximum atomic E-state index is 12.2. The van der Waals surface area contributed by atoms with E-state index in [1.807, 2.05) is 0 Å². The number of halogens is 4. The summed E-state index contributed by atoms with van der Waals surface area (Å²) in [5.74, 6) is -1.10. The van der Waals surface area contributed by atoms with E-state index in [0.29, 0.717) is 6.92 Å². The van der Waals surface area contributed by atoms with Crippen LogP contribution < -0.4 is 0 Å². The van der Waals surface area contributed by atoms with E-state index in [2.05, 4.69) is 12.2 Å². The van der Waals surface area contributed by atoms with Crippen LogP contribution in [-0.2, 0) is 4.79 Å². The first kappa shape index (κ1) is 11.8. The van der Waals surface area contributed by atoms with E-state index in [-0.39, 0.29) is 0 Å². The van der Waals surface area contributed by atoms with Crippen molar-refractivity contribution < 1.29 is 18.0 Å². The first-order valence-electron chi connectivity index (χ1n) is 2.91. The third kappa shape index (κ3) is 1.77. The summed E-state index contributed by atoms with van der Waals surface area (Å²) in [6.45, 7) is 1.48. The topological polar surface area (TPSA) is 17.1 Å². The minimum absolute atomic E-state index is 0.671. The predicted octanol–water partition coefficient (Wildman–Crippen LogP) is 2.71. The summed E-state index contributed by atoms with van der Waals surface area (Å²) in [5, 5.41) is 0. The summed E-state index contributed by atoms with van der Waals surface area (Å²) < 4.78 is 35.8. The first-order valence-corrected chi connectivity index (χ1v) is 3.70. The normalized spacial score (nSPS) is 16.8. The molecule has 0 saturated heterocycles. The predicted molar refractivity (Wildman–Crippen MR) is 43.3 cm³/mol. The molecule has 0 saturated carbocycles. The molecule has 1 atom stereocenters. The number of Topliss-reactive ketones (excluding diaryl/α,β-unsaturated/α-hetero) is 1. The van der Waals surface area contributed by atoms with Crippen molar-refractivity contribution in [3.05, 3.63) is 0 Å². The van der Waals surface area contributed by atoms with E-state index in [1.165, 1.54) is 0 Å². The van der Waals surface area contributed by atoms with Crippen molar-refractivity contribution in [1.82, 2.24) is 0 Å². The number of ketones is 1. The lowest BCUT2D eigenvalue weighted by Gasteiger charge is -2.26. The molecule has 0 aromatic rings. The molecule has 0 aliphatic heterocycles. The van der Waals surface area contributed by atoms with Crippen LogP contribution in [0.2, 0.25) is 0 Å². The molecule has 0 N–H and O–H groups in total. The molecule has 0 radical (unpaired) electrons. The number of thiocarbonyl (C=S) groups is 1. The maximum Gasteiger partial charge on any atom is 0.406 e. The lowest BCUT2D eigenvalue weighted by molar-refractivity contribution is -0.192. The Balaban J connectivity index is 5.17. The molecule has 0 aromatic heterocycles. The molecule has 0 aliphatic carbocycles. The third-order valence-electron chi connectivity index (χ3n) is 1.66. The minimum Gasteiger partial charge on any atom is -0.299 e. The van der Waals surface area contributed by atoms with Gasteiger partial charge in [-0.15, -0.1) is 0 Å². The van der Waals surface area contributed by atoms with E-state index in [9.17, 15) is 18.0 Å². The van der Waals surface area contributed by atoms with Crippen LogP contribution in [0.1, 0.15) is 13.8 Å². The number of carbonyl (C=O) groups is 1. The highest BCUT2D eigenvalue weighted by Gasteiger charge is 2.57. The molecular weight excluding hydrogens is 213 g/mol. The van der Waals surface area contributed by atoms with Gasteiger partial charge >= 0.3 is 6.18 Å². The van der Waals surface area contributed by atoms with Gasteiger partial charge in [-0.3, -0.25) is 4.79 Å². The van der Waals surface area contributed by atoms with Crippen LogP contribution in [0.4, 0.5) is 13.2 Å². The largest absolute Gasteiger partial charge is 0.406 e. The SMILES string of the molecule is CC(=O)C(C)(C(=S)Cl)C(F)(F)F. The highest BCUT2D eigenvalue weighted by Crippen LogP contribution is 2.41. The smallest absolute Gasteiger partial charge is 0.299 e. The van der Waals surface area contributed by atoms with E-state index < -0.39 is 21.7 Å². The van der Waals surface area contributed by atoms with Crippen molar-refractivity contribution in [2.75, 3.05) is 0 Å². The van der Waals surface area contributed by atoms with Crippen LogP contribution in [-0.4, -0.2) is 16.3 Å². The van der Waals surface area contributed by atoms with Crippen LogP contribution in [0.5, 0.6) is 0 Å². The molecule has 0 heterocycles. The van der Waals surface area contributed by atoms with Gasteiger partial charge in [0.1, 0.15) is 4.32 Å². The monoisotopic (exact) mass is 218 g/mol. The summed E-state index contributed by atoms with van der Waals surface area (Å²) >= 11 is 9.23. The second-order valence-corrected chi connectivity index (χ2v) is 3.46. The second-order valence-electron chi connectivity index (χ2n) is 2.45. The molecule has 6 heteroatoms. The fourth-order valence-electron chi connectivity index (χ4n) is 0.449. The van der Waals surface area contributed by atoms with Crippen molar-refractivity contribution in [3.63, 3.8) is 0 Å². The van der Waals surface area contributed by atoms with Crippen molar-refractivity contribution in [2.45, 2.75) is 20.0 Å². The van der Waals surface area contributed by atoms with Crippen molar-refractivity contribution in [1.29, 1.82) is 0 Å². The molecule has 12 heavy (non-hydrogen) atoms. The summed E-state index contributed by atoms with van der Waals surface area (Å²) in [5.41, 5.74) is -2.70. The van der Waals surface area contributed by atoms with Gasteiger partial charge < -0.3 is 0 Å². The van der Waals surface area contributed by atoms with Gasteiger partial charge in [0, 0.05) is 0 Å². The van der Waals surface area contributed by atoms with E-state index >= 15 is 0 Å². The van der Waals surface area contributed by atoms with Gasteiger partial charge in [0.05, 0.1) is 0 Å². The van der Waals surface area contributed by atoms with Gasteiger partial charge in [-0.2, -0.15) is 13.2 Å². The van der Waals surface area contributed by atoms with Crippen molar-refractivity contribution >= 4 is 33.9 Å². The molecular formula is C6H6ClF3OS. The Labute approximate surface area is 77.9 Å². The van der Waals surface area contributed by atoms with Crippen molar-refractivity contribution in [2.24, 2.45) is 5.41 Å². The molecule has 0 bridgehead atoms. The summed E-state index contributed by atoms with van der Waals surface area (Å²) in [4.78, 5) is 10.7. The summed E-state index contributed by atoms with van der Waals surface area (Å²) in [6.07, 6.45) is -4.72. The Morgan fingerprint density at radius 1 is 1.42 bits per heavy atom. The zero-order chi connectivity index (χ0) is 10.2. The molecule has 0 amide bonds. The van der Waals surface area contributed by atoms with E-state index in [4.69, 9.17) is 11.6 Å². The Kier molecular flexibility index (Phi) is 3.25. The molecule has 70 valence electrons. The molecule has 0 rings (SSSR count). The van der Waals surface area contributed by atoms with Gasteiger partial charge in [0.25, 0.3) is 0 Å². The molecule has 0 aliphatic rings. The Bertz CT molecular complexity index is 209.